The van der Waals surface area contributed by atoms with Gasteiger partial charge in [-0.05, 0) is 42.5 Å². The maximum absolute atomic E-state index is 13.3. The van der Waals surface area contributed by atoms with E-state index >= 15 is 0 Å². The third kappa shape index (κ3) is 5.56. The minimum atomic E-state index is -0.562. The molecule has 1 aliphatic rings. The highest BCUT2D eigenvalue weighted by Gasteiger charge is 2.28. The number of hydrogen-bond acceptors (Lipinski definition) is 3. The van der Waals surface area contributed by atoms with Gasteiger partial charge in [0.25, 0.3) is 0 Å². The second kappa shape index (κ2) is 8.08. The maximum atomic E-state index is 13.3. The van der Waals surface area contributed by atoms with Crippen molar-refractivity contribution >= 4 is 5.91 Å². The van der Waals surface area contributed by atoms with E-state index in [1.165, 1.54) is 6.07 Å². The van der Waals surface area contributed by atoms with Crippen LogP contribution in [0.15, 0.2) is 24.3 Å². The zero-order valence-electron chi connectivity index (χ0n) is 14.9. The fourth-order valence-corrected chi connectivity index (χ4v) is 2.95. The summed E-state index contributed by atoms with van der Waals surface area (Å²) >= 11 is 0. The summed E-state index contributed by atoms with van der Waals surface area (Å²) in [5.74, 6) is -0.295. The molecule has 2 rings (SSSR count). The number of piperidine rings is 1. The molecule has 134 valence electrons. The minimum absolute atomic E-state index is 0.00208. The summed E-state index contributed by atoms with van der Waals surface area (Å²) in [5.41, 5.74) is 0.683. The molecule has 24 heavy (non-hydrogen) atoms. The van der Waals surface area contributed by atoms with Crippen LogP contribution in [0.25, 0.3) is 0 Å². The Bertz CT molecular complexity index is 557. The monoisotopic (exact) mass is 336 g/mol. The van der Waals surface area contributed by atoms with E-state index < -0.39 is 6.10 Å². The van der Waals surface area contributed by atoms with Crippen molar-refractivity contribution in [2.24, 2.45) is 11.3 Å². The Morgan fingerprint density at radius 3 is 2.88 bits per heavy atom. The molecule has 2 N–H and O–H groups in total. The van der Waals surface area contributed by atoms with E-state index in [-0.39, 0.29) is 29.6 Å². The van der Waals surface area contributed by atoms with Crippen LogP contribution in [0.3, 0.4) is 0 Å². The van der Waals surface area contributed by atoms with Crippen LogP contribution >= 0.6 is 0 Å². The van der Waals surface area contributed by atoms with E-state index in [1.54, 1.807) is 12.1 Å². The molecule has 1 heterocycles. The summed E-state index contributed by atoms with van der Waals surface area (Å²) in [5, 5.41) is 12.9. The molecule has 2 unspecified atom stereocenters. The molecule has 1 amide bonds. The first-order valence-corrected chi connectivity index (χ1v) is 8.68. The number of halogens is 1. The number of aliphatic hydroxyl groups excluding tert-OH is 1. The van der Waals surface area contributed by atoms with Gasteiger partial charge in [-0.15, -0.1) is 0 Å². The zero-order chi connectivity index (χ0) is 17.7. The van der Waals surface area contributed by atoms with E-state index in [0.29, 0.717) is 13.1 Å². The number of nitrogens with zero attached hydrogens (tertiary/aromatic N) is 1. The number of benzene rings is 1. The highest BCUT2D eigenvalue weighted by molar-refractivity contribution is 5.79. The van der Waals surface area contributed by atoms with Crippen molar-refractivity contribution in [2.45, 2.75) is 46.3 Å². The molecule has 1 aliphatic heterocycles. The van der Waals surface area contributed by atoms with Gasteiger partial charge in [-0.25, -0.2) is 4.39 Å². The van der Waals surface area contributed by atoms with Gasteiger partial charge in [0.2, 0.25) is 5.91 Å². The molecule has 0 aliphatic carbocycles. The van der Waals surface area contributed by atoms with Crippen molar-refractivity contribution in [2.75, 3.05) is 19.6 Å². The van der Waals surface area contributed by atoms with Crippen LogP contribution in [0.1, 0.15) is 39.2 Å². The molecule has 0 spiro atoms. The lowest BCUT2D eigenvalue weighted by atomic mass is 9.89. The average Bonchev–Trinajstić information content (AvgIpc) is 2.51. The fourth-order valence-electron chi connectivity index (χ4n) is 2.95. The molecule has 0 aromatic heterocycles. The third-order valence-electron chi connectivity index (χ3n) is 4.64. The number of rotatable bonds is 5. The van der Waals surface area contributed by atoms with Crippen LogP contribution in [-0.2, 0) is 11.3 Å². The normalized spacial score (nSPS) is 20.6. The Morgan fingerprint density at radius 2 is 2.21 bits per heavy atom. The molecule has 2 atom stereocenters. The lowest BCUT2D eigenvalue weighted by molar-refractivity contribution is -0.127. The first-order valence-electron chi connectivity index (χ1n) is 8.68. The Balaban J connectivity index is 1.85. The number of carbonyl (C=O) groups is 1. The number of likely N-dealkylation sites (tertiary alicyclic amines) is 1. The standard InChI is InChI=1S/C19H29FN2O2/c1-19(2,3)17(23)11-21-18(24)15-7-5-9-22(13-15)12-14-6-4-8-16(20)10-14/h4,6,8,10,15,17,23H,5,7,9,11-13H2,1-3H3,(H,21,24). The van der Waals surface area contributed by atoms with E-state index in [4.69, 9.17) is 0 Å². The number of carbonyl (C=O) groups excluding carboxylic acids is 1. The van der Waals surface area contributed by atoms with Gasteiger partial charge in [0, 0.05) is 19.6 Å². The quantitative estimate of drug-likeness (QED) is 0.869. The lowest BCUT2D eigenvalue weighted by Crippen LogP contribution is -2.46. The van der Waals surface area contributed by atoms with Gasteiger partial charge in [-0.2, -0.15) is 0 Å². The molecule has 0 saturated carbocycles. The molecule has 1 saturated heterocycles. The highest BCUT2D eigenvalue weighted by atomic mass is 19.1. The largest absolute Gasteiger partial charge is 0.391 e. The summed E-state index contributed by atoms with van der Waals surface area (Å²) in [4.78, 5) is 14.6. The van der Waals surface area contributed by atoms with Crippen LogP contribution in [0, 0.1) is 17.2 Å². The van der Waals surface area contributed by atoms with Gasteiger partial charge in [0.15, 0.2) is 0 Å². The van der Waals surface area contributed by atoms with Crippen LogP contribution in [-0.4, -0.2) is 41.7 Å². The van der Waals surface area contributed by atoms with Crippen molar-refractivity contribution in [3.05, 3.63) is 35.6 Å². The van der Waals surface area contributed by atoms with Crippen LogP contribution in [0.5, 0.6) is 0 Å². The molecule has 5 heteroatoms. The van der Waals surface area contributed by atoms with Crippen LogP contribution in [0.4, 0.5) is 4.39 Å². The van der Waals surface area contributed by atoms with E-state index in [9.17, 15) is 14.3 Å². The molecule has 0 radical (unpaired) electrons. The molecule has 0 bridgehead atoms. The van der Waals surface area contributed by atoms with Gasteiger partial charge in [-0.1, -0.05) is 32.9 Å². The molecule has 4 nitrogen and oxygen atoms in total. The summed E-state index contributed by atoms with van der Waals surface area (Å²) in [6.45, 7) is 8.38. The predicted molar refractivity (Wildman–Crippen MR) is 92.9 cm³/mol. The summed E-state index contributed by atoms with van der Waals surface area (Å²) in [6, 6.07) is 6.61. The van der Waals surface area contributed by atoms with Crippen molar-refractivity contribution in [3.63, 3.8) is 0 Å². The van der Waals surface area contributed by atoms with Gasteiger partial charge in [0.05, 0.1) is 12.0 Å². The Morgan fingerprint density at radius 1 is 1.46 bits per heavy atom. The molecule has 1 aromatic carbocycles. The van der Waals surface area contributed by atoms with Gasteiger partial charge >= 0.3 is 0 Å². The second-order valence-corrected chi connectivity index (χ2v) is 7.83. The van der Waals surface area contributed by atoms with Crippen molar-refractivity contribution < 1.29 is 14.3 Å². The molecule has 1 fully saturated rings. The first kappa shape index (κ1) is 18.9. The number of nitrogens with one attached hydrogen (secondary N) is 1. The van der Waals surface area contributed by atoms with E-state index in [0.717, 1.165) is 24.9 Å². The number of amides is 1. The van der Waals surface area contributed by atoms with Crippen molar-refractivity contribution in [1.82, 2.24) is 10.2 Å². The molecular weight excluding hydrogens is 307 g/mol. The van der Waals surface area contributed by atoms with Gasteiger partial charge in [-0.3, -0.25) is 9.69 Å². The number of hydrogen-bond donors (Lipinski definition) is 2. The molecular formula is C19H29FN2O2. The SMILES string of the molecule is CC(C)(C)C(O)CNC(=O)C1CCCN(Cc2cccc(F)c2)C1. The Hall–Kier alpha value is -1.46. The van der Waals surface area contributed by atoms with Crippen molar-refractivity contribution in [3.8, 4) is 0 Å². The summed E-state index contributed by atoms with van der Waals surface area (Å²) < 4.78 is 13.3. The second-order valence-electron chi connectivity index (χ2n) is 7.83. The smallest absolute Gasteiger partial charge is 0.224 e. The van der Waals surface area contributed by atoms with Gasteiger partial charge < -0.3 is 10.4 Å². The highest BCUT2D eigenvalue weighted by Crippen LogP contribution is 2.21. The Labute approximate surface area is 144 Å². The van der Waals surface area contributed by atoms with E-state index in [1.807, 2.05) is 26.8 Å². The topological polar surface area (TPSA) is 52.6 Å². The predicted octanol–water partition coefficient (Wildman–Crippen LogP) is 2.56. The van der Waals surface area contributed by atoms with Crippen molar-refractivity contribution in [1.29, 1.82) is 0 Å². The van der Waals surface area contributed by atoms with E-state index in [2.05, 4.69) is 10.2 Å². The maximum Gasteiger partial charge on any atom is 0.224 e. The lowest BCUT2D eigenvalue weighted by Gasteiger charge is -2.33. The zero-order valence-corrected chi connectivity index (χ0v) is 14.9. The first-order chi connectivity index (χ1) is 11.3. The van der Waals surface area contributed by atoms with Crippen LogP contribution < -0.4 is 5.32 Å². The fraction of sp³-hybridized carbons (Fsp3) is 0.632. The van der Waals surface area contributed by atoms with Crippen LogP contribution in [0.2, 0.25) is 0 Å². The number of aliphatic hydroxyl groups is 1. The molecule has 1 aromatic rings. The summed E-state index contributed by atoms with van der Waals surface area (Å²) in [7, 11) is 0. The minimum Gasteiger partial charge on any atom is -0.391 e. The average molecular weight is 336 g/mol. The Kier molecular flexibility index (Phi) is 6.35. The third-order valence-corrected chi connectivity index (χ3v) is 4.64. The summed E-state index contributed by atoms with van der Waals surface area (Å²) in [6.07, 6.45) is 1.25. The van der Waals surface area contributed by atoms with Gasteiger partial charge in [0.1, 0.15) is 5.82 Å².